The van der Waals surface area contributed by atoms with Crippen molar-refractivity contribution >= 4 is 11.9 Å². The third-order valence-corrected chi connectivity index (χ3v) is 4.11. The van der Waals surface area contributed by atoms with Crippen molar-refractivity contribution in [3.8, 4) is 0 Å². The van der Waals surface area contributed by atoms with Crippen molar-refractivity contribution in [1.29, 1.82) is 0 Å². The smallest absolute Gasteiger partial charge is 0.306 e. The largest absolute Gasteiger partial charge is 0.481 e. The van der Waals surface area contributed by atoms with Gasteiger partial charge in [0, 0.05) is 12.5 Å². The molecule has 114 valence electrons. The first kappa shape index (κ1) is 15.5. The maximum Gasteiger partial charge on any atom is 0.306 e. The van der Waals surface area contributed by atoms with E-state index in [1.165, 1.54) is 5.56 Å². The molecule has 2 rings (SSSR count). The molecule has 0 radical (unpaired) electrons. The lowest BCUT2D eigenvalue weighted by Crippen LogP contribution is -2.40. The van der Waals surface area contributed by atoms with Crippen LogP contribution >= 0.6 is 0 Å². The van der Waals surface area contributed by atoms with Crippen molar-refractivity contribution in [3.63, 3.8) is 0 Å². The molecule has 1 aliphatic rings. The van der Waals surface area contributed by atoms with Crippen molar-refractivity contribution in [1.82, 2.24) is 5.32 Å². The van der Waals surface area contributed by atoms with Gasteiger partial charge in [0.2, 0.25) is 5.91 Å². The Balaban J connectivity index is 1.78. The first-order valence-corrected chi connectivity index (χ1v) is 7.62. The van der Waals surface area contributed by atoms with Crippen LogP contribution in [0.4, 0.5) is 0 Å². The first-order valence-electron chi connectivity index (χ1n) is 7.62. The van der Waals surface area contributed by atoms with E-state index in [2.05, 4.69) is 11.4 Å². The molecule has 0 bridgehead atoms. The molecule has 1 aromatic rings. The summed E-state index contributed by atoms with van der Waals surface area (Å²) in [5, 5.41) is 12.0. The normalized spacial score (nSPS) is 21.8. The van der Waals surface area contributed by atoms with E-state index < -0.39 is 5.97 Å². The van der Waals surface area contributed by atoms with Crippen LogP contribution in [0, 0.1) is 12.8 Å². The van der Waals surface area contributed by atoms with Gasteiger partial charge < -0.3 is 10.4 Å². The number of carboxylic acids is 1. The number of hydrogen-bond donors (Lipinski definition) is 2. The standard InChI is InChI=1S/C17H23NO3/c1-12-4-2-5-13(10-12)8-9-16(19)18-15-7-3-6-14(11-15)17(20)21/h2,4-5,10,14-15H,3,6-9,11H2,1H3,(H,18,19)(H,20,21). The first-order chi connectivity index (χ1) is 10.0. The highest BCUT2D eigenvalue weighted by molar-refractivity contribution is 5.76. The predicted octanol–water partition coefficient (Wildman–Crippen LogP) is 2.69. The second-order valence-electron chi connectivity index (χ2n) is 5.96. The summed E-state index contributed by atoms with van der Waals surface area (Å²) < 4.78 is 0. The van der Waals surface area contributed by atoms with Crippen molar-refractivity contribution < 1.29 is 14.7 Å². The van der Waals surface area contributed by atoms with Crippen molar-refractivity contribution in [2.45, 2.75) is 51.5 Å². The predicted molar refractivity (Wildman–Crippen MR) is 81.0 cm³/mol. The van der Waals surface area contributed by atoms with Gasteiger partial charge in [0.25, 0.3) is 0 Å². The Labute approximate surface area is 125 Å². The zero-order chi connectivity index (χ0) is 15.2. The summed E-state index contributed by atoms with van der Waals surface area (Å²) in [7, 11) is 0. The lowest BCUT2D eigenvalue weighted by atomic mass is 9.85. The van der Waals surface area contributed by atoms with Gasteiger partial charge in [-0.3, -0.25) is 9.59 Å². The molecule has 1 fully saturated rings. The Hall–Kier alpha value is -1.84. The number of nitrogens with one attached hydrogen (secondary N) is 1. The van der Waals surface area contributed by atoms with E-state index in [-0.39, 0.29) is 17.9 Å². The van der Waals surface area contributed by atoms with E-state index in [1.54, 1.807) is 0 Å². The molecule has 2 unspecified atom stereocenters. The molecule has 4 heteroatoms. The molecule has 1 aliphatic carbocycles. The number of aryl methyl sites for hydroxylation is 2. The Morgan fingerprint density at radius 1 is 1.33 bits per heavy atom. The van der Waals surface area contributed by atoms with Gasteiger partial charge in [-0.25, -0.2) is 0 Å². The third kappa shape index (κ3) is 4.88. The van der Waals surface area contributed by atoms with Gasteiger partial charge in [-0.05, 0) is 38.2 Å². The van der Waals surface area contributed by atoms with E-state index in [4.69, 9.17) is 5.11 Å². The third-order valence-electron chi connectivity index (χ3n) is 4.11. The van der Waals surface area contributed by atoms with Gasteiger partial charge in [0.1, 0.15) is 0 Å². The van der Waals surface area contributed by atoms with Gasteiger partial charge >= 0.3 is 5.97 Å². The van der Waals surface area contributed by atoms with Gasteiger partial charge in [0.15, 0.2) is 0 Å². The molecule has 21 heavy (non-hydrogen) atoms. The molecule has 1 aromatic carbocycles. The zero-order valence-corrected chi connectivity index (χ0v) is 12.5. The van der Waals surface area contributed by atoms with Gasteiger partial charge in [-0.15, -0.1) is 0 Å². The monoisotopic (exact) mass is 289 g/mol. The van der Waals surface area contributed by atoms with Crippen molar-refractivity contribution in [2.24, 2.45) is 5.92 Å². The van der Waals surface area contributed by atoms with Crippen LogP contribution < -0.4 is 5.32 Å². The lowest BCUT2D eigenvalue weighted by molar-refractivity contribution is -0.143. The quantitative estimate of drug-likeness (QED) is 0.876. The zero-order valence-electron chi connectivity index (χ0n) is 12.5. The van der Waals surface area contributed by atoms with E-state index in [9.17, 15) is 9.59 Å². The summed E-state index contributed by atoms with van der Waals surface area (Å²) in [5.74, 6) is -1.03. The van der Waals surface area contributed by atoms with Crippen LogP contribution in [0.15, 0.2) is 24.3 Å². The highest BCUT2D eigenvalue weighted by atomic mass is 16.4. The number of aliphatic carboxylic acids is 1. The summed E-state index contributed by atoms with van der Waals surface area (Å²) >= 11 is 0. The molecule has 2 N–H and O–H groups in total. The molecule has 4 nitrogen and oxygen atoms in total. The van der Waals surface area contributed by atoms with Gasteiger partial charge in [0.05, 0.1) is 5.92 Å². The number of rotatable bonds is 5. The Kier molecular flexibility index (Phi) is 5.37. The highest BCUT2D eigenvalue weighted by Gasteiger charge is 2.27. The topological polar surface area (TPSA) is 66.4 Å². The average molecular weight is 289 g/mol. The molecule has 0 aliphatic heterocycles. The number of benzene rings is 1. The number of amides is 1. The highest BCUT2D eigenvalue weighted by Crippen LogP contribution is 2.24. The lowest BCUT2D eigenvalue weighted by Gasteiger charge is -2.27. The van der Waals surface area contributed by atoms with Gasteiger partial charge in [-0.2, -0.15) is 0 Å². The fourth-order valence-corrected chi connectivity index (χ4v) is 2.97. The number of hydrogen-bond acceptors (Lipinski definition) is 2. The fourth-order valence-electron chi connectivity index (χ4n) is 2.97. The minimum Gasteiger partial charge on any atom is -0.481 e. The molecular formula is C17H23NO3. The Bertz CT molecular complexity index is 513. The minimum atomic E-state index is -0.742. The Morgan fingerprint density at radius 2 is 2.14 bits per heavy atom. The van der Waals surface area contributed by atoms with E-state index in [0.29, 0.717) is 12.8 Å². The van der Waals surface area contributed by atoms with Crippen LogP contribution in [0.3, 0.4) is 0 Å². The molecule has 0 heterocycles. The molecule has 0 aromatic heterocycles. The van der Waals surface area contributed by atoms with E-state index in [1.807, 2.05) is 25.1 Å². The summed E-state index contributed by atoms with van der Waals surface area (Å²) in [6.45, 7) is 2.04. The van der Waals surface area contributed by atoms with Gasteiger partial charge in [-0.1, -0.05) is 36.2 Å². The molecule has 1 saturated carbocycles. The molecule has 0 spiro atoms. The summed E-state index contributed by atoms with van der Waals surface area (Å²) in [6, 6.07) is 8.18. The van der Waals surface area contributed by atoms with Crippen molar-refractivity contribution in [2.75, 3.05) is 0 Å². The second kappa shape index (κ2) is 7.25. The second-order valence-corrected chi connectivity index (χ2v) is 5.96. The molecular weight excluding hydrogens is 266 g/mol. The summed E-state index contributed by atoms with van der Waals surface area (Å²) in [4.78, 5) is 23.0. The van der Waals surface area contributed by atoms with Crippen LogP contribution in [0.5, 0.6) is 0 Å². The molecule has 0 saturated heterocycles. The Morgan fingerprint density at radius 3 is 2.86 bits per heavy atom. The van der Waals surface area contributed by atoms with Crippen LogP contribution in [0.2, 0.25) is 0 Å². The van der Waals surface area contributed by atoms with Crippen LogP contribution in [-0.2, 0) is 16.0 Å². The molecule has 1 amide bonds. The minimum absolute atomic E-state index is 0.0184. The number of carbonyl (C=O) groups excluding carboxylic acids is 1. The SMILES string of the molecule is Cc1cccc(CCC(=O)NC2CCCC(C(=O)O)C2)c1. The van der Waals surface area contributed by atoms with Crippen LogP contribution in [-0.4, -0.2) is 23.0 Å². The average Bonchev–Trinajstić information content (AvgIpc) is 2.45. The number of carboxylic acid groups (broad SMARTS) is 1. The summed E-state index contributed by atoms with van der Waals surface area (Å²) in [6.07, 6.45) is 4.23. The van der Waals surface area contributed by atoms with Crippen LogP contribution in [0.1, 0.15) is 43.2 Å². The van der Waals surface area contributed by atoms with E-state index >= 15 is 0 Å². The number of carbonyl (C=O) groups is 2. The van der Waals surface area contributed by atoms with E-state index in [0.717, 1.165) is 31.2 Å². The van der Waals surface area contributed by atoms with Crippen LogP contribution in [0.25, 0.3) is 0 Å². The summed E-state index contributed by atoms with van der Waals surface area (Å²) in [5.41, 5.74) is 2.36. The maximum absolute atomic E-state index is 12.0. The van der Waals surface area contributed by atoms with Crippen molar-refractivity contribution in [3.05, 3.63) is 35.4 Å². The molecule has 2 atom stereocenters. The maximum atomic E-state index is 12.0. The fraction of sp³-hybridized carbons (Fsp3) is 0.529.